The van der Waals surface area contributed by atoms with Crippen LogP contribution in [-0.2, 0) is 26.5 Å². The molecule has 0 fully saturated rings. The second-order valence-corrected chi connectivity index (χ2v) is 19.5. The second-order valence-electron chi connectivity index (χ2n) is 19.5. The topological polar surface area (TPSA) is 50.9 Å². The van der Waals surface area contributed by atoms with Crippen LogP contribution in [0.15, 0.2) is 121 Å². The summed E-state index contributed by atoms with van der Waals surface area (Å²) in [6.07, 6.45) is 1.84. The van der Waals surface area contributed by atoms with Crippen molar-refractivity contribution in [2.45, 2.75) is 119 Å². The van der Waals surface area contributed by atoms with Crippen LogP contribution in [0.25, 0.3) is 72.7 Å². The molecule has 0 spiro atoms. The maximum atomic E-state index is 12.3. The number of aryl methyl sites for hydroxylation is 2. The Morgan fingerprint density at radius 3 is 1.97 bits per heavy atom. The summed E-state index contributed by atoms with van der Waals surface area (Å²) in [5.74, 6) is -1.50. The van der Waals surface area contributed by atoms with Crippen LogP contribution in [0, 0.1) is 19.8 Å². The first-order chi connectivity index (χ1) is 32.2. The predicted molar refractivity (Wildman–Crippen MR) is 271 cm³/mol. The van der Waals surface area contributed by atoms with Crippen LogP contribution < -0.4 is 0 Å². The van der Waals surface area contributed by atoms with Crippen molar-refractivity contribution in [1.29, 1.82) is 0 Å². The van der Waals surface area contributed by atoms with Crippen LogP contribution in [-0.4, -0.2) is 19.6 Å². The van der Waals surface area contributed by atoms with Gasteiger partial charge in [-0.05, 0) is 123 Å². The molecule has 0 amide bonds. The van der Waals surface area contributed by atoms with Gasteiger partial charge in [0.05, 0.1) is 22.3 Å². The summed E-state index contributed by atoms with van der Waals surface area (Å²) in [5, 5.41) is 12.3. The summed E-state index contributed by atoms with van der Waals surface area (Å²) in [7, 11) is 0. The van der Waals surface area contributed by atoms with Crippen molar-refractivity contribution in [3.05, 3.63) is 166 Å². The van der Waals surface area contributed by atoms with Gasteiger partial charge in [-0.1, -0.05) is 166 Å². The number of rotatable bonds is 10. The number of benzene rings is 6. The fourth-order valence-corrected chi connectivity index (χ4v) is 8.74. The van der Waals surface area contributed by atoms with Gasteiger partial charge < -0.3 is 5.11 Å². The molecule has 0 saturated carbocycles. The Labute approximate surface area is 409 Å². The van der Waals surface area contributed by atoms with Gasteiger partial charge in [0.2, 0.25) is 0 Å². The van der Waals surface area contributed by atoms with Crippen molar-refractivity contribution >= 4 is 11.0 Å². The summed E-state index contributed by atoms with van der Waals surface area (Å²) < 4.78 is 47.6. The average molecular weight is 1040 g/mol. The summed E-state index contributed by atoms with van der Waals surface area (Å²) in [6, 6.07) is 41.8. The van der Waals surface area contributed by atoms with E-state index in [-0.39, 0.29) is 49.6 Å². The molecule has 5 heteroatoms. The third-order valence-electron chi connectivity index (χ3n) is 12.5. The minimum absolute atomic E-state index is 0. The Balaban J connectivity index is 0.00000722. The summed E-state index contributed by atoms with van der Waals surface area (Å²) >= 11 is 0. The van der Waals surface area contributed by atoms with Crippen LogP contribution in [0.5, 0.6) is 5.75 Å². The number of imidazole rings is 1. The zero-order chi connectivity index (χ0) is 50.1. The standard InChI is InChI=1S/C60H64N3O.Pt/c1-35(2)44-32-51(38(7)8)58(64)52(33-44)59-62-57-50(45-29-46(31-47(30-45)60(11,12)13)53-34-42(26-27-61-53)41-22-20-39(9)21-23-41)18-15-19-55(57)63(59)54-25-24-43(28-40(54)10)56-48(36(3)4)16-14-17-49(56)37(5)6;/h14-28,30-38,64H,1-13H3;/q-1;/i10D3,36D,37D;. The largest absolute Gasteiger partial charge is 0.507 e. The van der Waals surface area contributed by atoms with E-state index in [9.17, 15) is 5.11 Å². The molecule has 65 heavy (non-hydrogen) atoms. The summed E-state index contributed by atoms with van der Waals surface area (Å²) in [5.41, 5.74) is 14.1. The summed E-state index contributed by atoms with van der Waals surface area (Å²) in [6.45, 7) is 21.6. The second kappa shape index (κ2) is 18.7. The van der Waals surface area contributed by atoms with Gasteiger partial charge in [-0.25, -0.2) is 4.98 Å². The number of para-hydroxylation sites is 1. The van der Waals surface area contributed by atoms with E-state index in [0.717, 1.165) is 50.2 Å². The quantitative estimate of drug-likeness (QED) is 0.139. The monoisotopic (exact) mass is 1040 g/mol. The van der Waals surface area contributed by atoms with Gasteiger partial charge in [-0.15, -0.1) is 29.3 Å². The van der Waals surface area contributed by atoms with Crippen molar-refractivity contribution in [2.75, 3.05) is 0 Å². The van der Waals surface area contributed by atoms with Gasteiger partial charge in [0.25, 0.3) is 0 Å². The van der Waals surface area contributed by atoms with Gasteiger partial charge in [-0.2, -0.15) is 0 Å². The molecule has 0 aliphatic rings. The molecular weight excluding hydrogens is 974 g/mol. The molecule has 0 aliphatic carbocycles. The SMILES string of the molecule is [2H]C([2H])([2H])c1cc(-c2c(C([2H])(C)C)cccc2C([2H])(C)C)ccc1-n1c(-c2cc(C(C)C)cc(C(C)C)c2O)nc2c(-c3[c-]c(-c4cc(-c5ccc(C)cc5)ccn4)cc(C(C)(C)C)c3)cccc21.[Pt]. The first-order valence-electron chi connectivity index (χ1n) is 25.0. The van der Waals surface area contributed by atoms with Crippen LogP contribution in [0.3, 0.4) is 0 Å². The number of nitrogens with zero attached hydrogens (tertiary/aromatic N) is 3. The first-order valence-corrected chi connectivity index (χ1v) is 22.5. The van der Waals surface area contributed by atoms with Crippen LogP contribution in [0.1, 0.15) is 146 Å². The molecular formula is C60H64N3OPt-. The predicted octanol–water partition coefficient (Wildman–Crippen LogP) is 16.7. The Morgan fingerprint density at radius 1 is 0.677 bits per heavy atom. The molecule has 0 bridgehead atoms. The minimum atomic E-state index is -2.62. The fraction of sp³-hybridized carbons (Fsp3) is 0.300. The van der Waals surface area contributed by atoms with Crippen molar-refractivity contribution in [3.63, 3.8) is 0 Å². The molecule has 8 rings (SSSR count). The van der Waals surface area contributed by atoms with Gasteiger partial charge in [0, 0.05) is 39.8 Å². The molecule has 0 radical (unpaired) electrons. The number of phenolic OH excluding ortho intramolecular Hbond substituents is 1. The van der Waals surface area contributed by atoms with E-state index < -0.39 is 18.6 Å². The van der Waals surface area contributed by atoms with E-state index in [4.69, 9.17) is 16.8 Å². The average Bonchev–Trinajstić information content (AvgIpc) is 3.67. The Morgan fingerprint density at radius 2 is 1.34 bits per heavy atom. The molecule has 336 valence electrons. The number of fused-ring (bicyclic) bond motifs is 1. The van der Waals surface area contributed by atoms with Gasteiger partial charge in [0.1, 0.15) is 11.6 Å². The molecule has 6 aromatic carbocycles. The number of pyridine rings is 1. The van der Waals surface area contributed by atoms with E-state index in [1.54, 1.807) is 6.07 Å². The van der Waals surface area contributed by atoms with E-state index in [0.29, 0.717) is 50.4 Å². The van der Waals surface area contributed by atoms with E-state index in [1.165, 1.54) is 5.56 Å². The molecule has 0 saturated heterocycles. The van der Waals surface area contributed by atoms with Crippen LogP contribution in [0.4, 0.5) is 0 Å². The number of phenols is 1. The van der Waals surface area contributed by atoms with E-state index in [1.807, 2.05) is 99.1 Å². The van der Waals surface area contributed by atoms with Gasteiger partial charge >= 0.3 is 0 Å². The maximum Gasteiger partial charge on any atom is 0.148 e. The zero-order valence-corrected chi connectivity index (χ0v) is 42.1. The number of aromatic nitrogens is 3. The molecule has 0 atom stereocenters. The molecule has 8 aromatic rings. The maximum absolute atomic E-state index is 12.3. The normalized spacial score (nSPS) is 13.6. The third kappa shape index (κ3) is 9.30. The van der Waals surface area contributed by atoms with E-state index >= 15 is 0 Å². The molecule has 2 heterocycles. The fourth-order valence-electron chi connectivity index (χ4n) is 8.74. The summed E-state index contributed by atoms with van der Waals surface area (Å²) in [4.78, 5) is 10.4. The minimum Gasteiger partial charge on any atom is -0.507 e. The first kappa shape index (κ1) is 40.9. The van der Waals surface area contributed by atoms with Crippen LogP contribution >= 0.6 is 0 Å². The van der Waals surface area contributed by atoms with Crippen LogP contribution in [0.2, 0.25) is 0 Å². The zero-order valence-electron chi connectivity index (χ0n) is 44.8. The third-order valence-corrected chi connectivity index (χ3v) is 12.5. The van der Waals surface area contributed by atoms with E-state index in [2.05, 4.69) is 110 Å². The number of hydrogen-bond acceptors (Lipinski definition) is 3. The molecule has 1 N–H and O–H groups in total. The van der Waals surface area contributed by atoms with Crippen molar-refractivity contribution in [3.8, 4) is 67.5 Å². The molecule has 2 aromatic heterocycles. The van der Waals surface area contributed by atoms with Gasteiger partial charge in [-0.3, -0.25) is 9.55 Å². The Bertz CT molecular complexity index is 3200. The number of hydrogen-bond donors (Lipinski definition) is 1. The smallest absolute Gasteiger partial charge is 0.148 e. The number of aromatic hydroxyl groups is 1. The molecule has 4 nitrogen and oxygen atoms in total. The Hall–Kier alpha value is -5.57. The molecule has 0 unspecified atom stereocenters. The molecule has 0 aliphatic heterocycles. The Kier molecular flexibility index (Phi) is 11.8. The van der Waals surface area contributed by atoms with Gasteiger partial charge in [0.15, 0.2) is 0 Å². The van der Waals surface area contributed by atoms with Crippen molar-refractivity contribution in [1.82, 2.24) is 14.5 Å². The van der Waals surface area contributed by atoms with Crippen molar-refractivity contribution in [2.24, 2.45) is 0 Å². The van der Waals surface area contributed by atoms with Crippen molar-refractivity contribution < 1.29 is 33.0 Å².